The maximum absolute atomic E-state index is 14.3. The number of amides is 1. The van der Waals surface area contributed by atoms with Crippen LogP contribution in [-0.2, 0) is 19.4 Å². The number of hydrogen-bond acceptors (Lipinski definition) is 4. The van der Waals surface area contributed by atoms with Crippen LogP contribution in [0.4, 0.5) is 8.78 Å². The van der Waals surface area contributed by atoms with Gasteiger partial charge in [0.15, 0.2) is 0 Å². The molecular weight excluding hydrogens is 486 g/mol. The van der Waals surface area contributed by atoms with Crippen molar-refractivity contribution in [3.05, 3.63) is 124 Å². The predicted octanol–water partition coefficient (Wildman–Crippen LogP) is 4.92. The summed E-state index contributed by atoms with van der Waals surface area (Å²) < 4.78 is 27.6. The quantitative estimate of drug-likeness (QED) is 0.201. The second-order valence-electron chi connectivity index (χ2n) is 8.60. The normalized spacial score (nSPS) is 11.0. The number of nitrogens with zero attached hydrogens (tertiary/aromatic N) is 1. The van der Waals surface area contributed by atoms with Gasteiger partial charge in [-0.1, -0.05) is 30.3 Å². The van der Waals surface area contributed by atoms with Crippen LogP contribution in [0.25, 0.3) is 11.1 Å². The lowest BCUT2D eigenvalue weighted by Crippen LogP contribution is -2.23. The summed E-state index contributed by atoms with van der Waals surface area (Å²) in [6, 6.07) is 19.2. The van der Waals surface area contributed by atoms with Gasteiger partial charge in [0.2, 0.25) is 0 Å². The highest BCUT2D eigenvalue weighted by Crippen LogP contribution is 2.32. The van der Waals surface area contributed by atoms with E-state index < -0.39 is 11.6 Å². The lowest BCUT2D eigenvalue weighted by molar-refractivity contribution is 0.0950. The minimum Gasteiger partial charge on any atom is -0.400 e. The van der Waals surface area contributed by atoms with E-state index in [1.165, 1.54) is 23.3 Å². The fraction of sp³-hybridized carbons (Fsp3) is 0.167. The Hall–Kier alpha value is -4.43. The van der Waals surface area contributed by atoms with Gasteiger partial charge < -0.3 is 16.2 Å². The number of aliphatic hydroxyl groups is 1. The third kappa shape index (κ3) is 6.86. The van der Waals surface area contributed by atoms with Gasteiger partial charge in [-0.15, -0.1) is 0 Å². The van der Waals surface area contributed by atoms with E-state index in [4.69, 9.17) is 10.5 Å². The van der Waals surface area contributed by atoms with Gasteiger partial charge in [0, 0.05) is 42.7 Å². The largest absolute Gasteiger partial charge is 0.400 e. The number of fused-ring (bicyclic) bond motifs is 2. The van der Waals surface area contributed by atoms with E-state index in [2.05, 4.69) is 16.0 Å². The summed E-state index contributed by atoms with van der Waals surface area (Å²) in [6.07, 6.45) is 3.93. The molecule has 6 nitrogen and oxygen atoms in total. The molecule has 1 aromatic heterocycles. The van der Waals surface area contributed by atoms with Gasteiger partial charge in [0.05, 0.1) is 6.34 Å². The Morgan fingerprint density at radius 2 is 1.63 bits per heavy atom. The number of halogens is 2. The standard InChI is InChI=1S/C28H22F2N2O.CH4N2.CH4O/c1-17-2-3-18(15-31-17)16-32-28(33)22-7-5-20-10-19-4-6-21(11-23(19)13-24(20)12-22)26-9-8-25(29)14-27(26)30;2-1-3;1-2/h2-9,11-12,14-15H,10,13,16H2,1H3,(H,32,33);1H,(H3,2,3);2H,1H3. The third-order valence-corrected chi connectivity index (χ3v) is 6.10. The van der Waals surface area contributed by atoms with Crippen molar-refractivity contribution < 1.29 is 18.7 Å². The summed E-state index contributed by atoms with van der Waals surface area (Å²) in [5, 5.41) is 15.8. The van der Waals surface area contributed by atoms with Crippen LogP contribution < -0.4 is 11.1 Å². The molecule has 1 amide bonds. The highest BCUT2D eigenvalue weighted by atomic mass is 19.1. The van der Waals surface area contributed by atoms with Crippen molar-refractivity contribution in [1.29, 1.82) is 5.41 Å². The maximum atomic E-state index is 14.3. The molecule has 0 spiro atoms. The highest BCUT2D eigenvalue weighted by Gasteiger charge is 2.18. The van der Waals surface area contributed by atoms with Crippen molar-refractivity contribution in [1.82, 2.24) is 10.3 Å². The van der Waals surface area contributed by atoms with E-state index in [0.29, 0.717) is 24.1 Å². The Labute approximate surface area is 220 Å². The molecule has 0 saturated carbocycles. The SMILES string of the molecule is CO.Cc1ccc(CNC(=O)c2ccc3c(c2)Cc2cc(-c4ccc(F)cc4F)ccc2C3)cn1.N=CN. The highest BCUT2D eigenvalue weighted by molar-refractivity contribution is 5.94. The van der Waals surface area contributed by atoms with Crippen LogP contribution in [-0.4, -0.2) is 29.4 Å². The van der Waals surface area contributed by atoms with Crippen LogP contribution in [0.2, 0.25) is 0 Å². The van der Waals surface area contributed by atoms with Gasteiger partial charge in [-0.2, -0.15) is 0 Å². The number of aromatic nitrogens is 1. The molecule has 0 saturated heterocycles. The summed E-state index contributed by atoms with van der Waals surface area (Å²) in [7, 11) is 1.00. The molecule has 38 heavy (non-hydrogen) atoms. The van der Waals surface area contributed by atoms with Gasteiger partial charge in [-0.05, 0) is 83.5 Å². The molecule has 0 radical (unpaired) electrons. The van der Waals surface area contributed by atoms with E-state index >= 15 is 0 Å². The van der Waals surface area contributed by atoms with Crippen molar-refractivity contribution in [2.24, 2.45) is 5.73 Å². The van der Waals surface area contributed by atoms with E-state index in [9.17, 15) is 13.6 Å². The zero-order valence-electron chi connectivity index (χ0n) is 21.3. The average molecular weight is 517 g/mol. The Morgan fingerprint density at radius 3 is 2.29 bits per heavy atom. The summed E-state index contributed by atoms with van der Waals surface area (Å²) in [5.41, 5.74) is 12.5. The minimum absolute atomic E-state index is 0.133. The molecule has 8 heteroatoms. The van der Waals surface area contributed by atoms with Gasteiger partial charge in [-0.25, -0.2) is 8.78 Å². The number of carbonyl (C=O) groups is 1. The Morgan fingerprint density at radius 1 is 0.974 bits per heavy atom. The van der Waals surface area contributed by atoms with Crippen molar-refractivity contribution in [2.45, 2.75) is 26.3 Å². The van der Waals surface area contributed by atoms with E-state index in [1.54, 1.807) is 6.20 Å². The summed E-state index contributed by atoms with van der Waals surface area (Å²) in [4.78, 5) is 17.0. The summed E-state index contributed by atoms with van der Waals surface area (Å²) in [6.45, 7) is 2.34. The fourth-order valence-corrected chi connectivity index (χ4v) is 4.26. The molecule has 0 fully saturated rings. The average Bonchev–Trinajstić information content (AvgIpc) is 2.92. The monoisotopic (exact) mass is 516 g/mol. The van der Waals surface area contributed by atoms with Gasteiger partial charge in [0.25, 0.3) is 5.91 Å². The number of aliphatic hydroxyl groups excluding tert-OH is 1. The van der Waals surface area contributed by atoms with Crippen molar-refractivity contribution in [3.63, 3.8) is 0 Å². The Kier molecular flexibility index (Phi) is 9.79. The van der Waals surface area contributed by atoms with Gasteiger partial charge in [0.1, 0.15) is 11.6 Å². The molecule has 1 aliphatic rings. The molecule has 0 aliphatic heterocycles. The maximum Gasteiger partial charge on any atom is 0.251 e. The van der Waals surface area contributed by atoms with E-state index in [-0.39, 0.29) is 5.91 Å². The number of nitrogens with two attached hydrogens (primary N) is 1. The lowest BCUT2D eigenvalue weighted by Gasteiger charge is -2.21. The van der Waals surface area contributed by atoms with Gasteiger partial charge >= 0.3 is 0 Å². The van der Waals surface area contributed by atoms with Crippen LogP contribution >= 0.6 is 0 Å². The first-order chi connectivity index (χ1) is 18.4. The molecule has 196 valence electrons. The second kappa shape index (κ2) is 13.2. The number of aryl methyl sites for hydroxylation is 1. The first kappa shape index (κ1) is 28.1. The molecule has 0 unspecified atom stereocenters. The topological polar surface area (TPSA) is 112 Å². The van der Waals surface area contributed by atoms with Crippen molar-refractivity contribution >= 4 is 12.2 Å². The number of pyridine rings is 1. The Bertz CT molecular complexity index is 1420. The van der Waals surface area contributed by atoms with Crippen LogP contribution in [0.5, 0.6) is 0 Å². The first-order valence-electron chi connectivity index (χ1n) is 11.9. The molecule has 1 aliphatic carbocycles. The van der Waals surface area contributed by atoms with Crippen LogP contribution in [0.1, 0.15) is 43.9 Å². The number of hydrogen-bond donors (Lipinski definition) is 4. The molecule has 0 atom stereocenters. The molecule has 3 aromatic carbocycles. The molecule has 1 heterocycles. The Balaban J connectivity index is 0.000000748. The van der Waals surface area contributed by atoms with Crippen LogP contribution in [0, 0.1) is 24.0 Å². The zero-order chi connectivity index (χ0) is 27.7. The summed E-state index contributed by atoms with van der Waals surface area (Å²) in [5.74, 6) is -1.30. The minimum atomic E-state index is -0.590. The molecule has 5 rings (SSSR count). The van der Waals surface area contributed by atoms with E-state index in [0.717, 1.165) is 53.9 Å². The third-order valence-electron chi connectivity index (χ3n) is 6.10. The molecular formula is C30H30F2N4O2. The first-order valence-corrected chi connectivity index (χ1v) is 11.9. The number of carbonyl (C=O) groups excluding carboxylic acids is 1. The van der Waals surface area contributed by atoms with Crippen LogP contribution in [0.15, 0.2) is 72.9 Å². The smallest absolute Gasteiger partial charge is 0.251 e. The lowest BCUT2D eigenvalue weighted by atomic mass is 9.83. The number of nitrogens with one attached hydrogen (secondary N) is 2. The van der Waals surface area contributed by atoms with Crippen molar-refractivity contribution in [2.75, 3.05) is 7.11 Å². The number of benzene rings is 3. The van der Waals surface area contributed by atoms with Crippen molar-refractivity contribution in [3.8, 4) is 11.1 Å². The second-order valence-corrected chi connectivity index (χ2v) is 8.60. The van der Waals surface area contributed by atoms with E-state index in [1.807, 2.05) is 55.5 Å². The molecule has 4 aromatic rings. The summed E-state index contributed by atoms with van der Waals surface area (Å²) >= 11 is 0. The van der Waals surface area contributed by atoms with Crippen LogP contribution in [0.3, 0.4) is 0 Å². The zero-order valence-corrected chi connectivity index (χ0v) is 21.3. The van der Waals surface area contributed by atoms with Gasteiger partial charge in [-0.3, -0.25) is 15.2 Å². The number of rotatable bonds is 4. The predicted molar refractivity (Wildman–Crippen MR) is 145 cm³/mol. The fourth-order valence-electron chi connectivity index (χ4n) is 4.26. The molecule has 5 N–H and O–H groups in total. The molecule has 0 bridgehead atoms.